The Morgan fingerprint density at radius 3 is 2.71 bits per heavy atom. The number of carboxylic acid groups (broad SMARTS) is 1. The molecule has 1 amide bonds. The van der Waals surface area contributed by atoms with Crippen LogP contribution in [0, 0.1) is 5.92 Å². The van der Waals surface area contributed by atoms with Crippen LogP contribution in [0.5, 0.6) is 5.88 Å². The zero-order valence-corrected chi connectivity index (χ0v) is 12.0. The van der Waals surface area contributed by atoms with Crippen LogP contribution in [0.3, 0.4) is 0 Å². The molecule has 1 fully saturated rings. The zero-order chi connectivity index (χ0) is 15.2. The maximum absolute atomic E-state index is 12.3. The number of amides is 1. The lowest BCUT2D eigenvalue weighted by atomic mass is 9.84. The highest BCUT2D eigenvalue weighted by Gasteiger charge is 2.31. The van der Waals surface area contributed by atoms with Gasteiger partial charge in [-0.05, 0) is 30.9 Å². The topological polar surface area (TPSA) is 88.5 Å². The number of nitrogens with zero attached hydrogens (tertiary/aromatic N) is 1. The molecule has 1 aliphatic rings. The fourth-order valence-electron chi connectivity index (χ4n) is 2.79. The molecule has 1 unspecified atom stereocenters. The Labute approximate surface area is 123 Å². The Morgan fingerprint density at radius 1 is 1.38 bits per heavy atom. The van der Waals surface area contributed by atoms with Crippen molar-refractivity contribution in [2.24, 2.45) is 5.92 Å². The van der Waals surface area contributed by atoms with E-state index >= 15 is 0 Å². The first-order chi connectivity index (χ1) is 10.1. The largest absolute Gasteiger partial charge is 0.480 e. The second-order valence-corrected chi connectivity index (χ2v) is 5.25. The molecule has 6 heteroatoms. The number of rotatable bonds is 5. The predicted octanol–water partition coefficient (Wildman–Crippen LogP) is 1.85. The van der Waals surface area contributed by atoms with E-state index in [4.69, 9.17) is 4.74 Å². The minimum absolute atomic E-state index is 0.0112. The minimum Gasteiger partial charge on any atom is -0.480 e. The van der Waals surface area contributed by atoms with Crippen molar-refractivity contribution in [3.63, 3.8) is 0 Å². The van der Waals surface area contributed by atoms with Crippen LogP contribution in [0.1, 0.15) is 42.5 Å². The second kappa shape index (κ2) is 7.06. The SMILES string of the molecule is COc1ncccc1C(=O)NC(C(=O)O)C1CCCCC1. The molecule has 1 aliphatic carbocycles. The quantitative estimate of drug-likeness (QED) is 0.864. The van der Waals surface area contributed by atoms with Gasteiger partial charge in [0.05, 0.1) is 7.11 Å². The smallest absolute Gasteiger partial charge is 0.326 e. The third-order valence-corrected chi connectivity index (χ3v) is 3.88. The van der Waals surface area contributed by atoms with E-state index in [1.54, 1.807) is 12.1 Å². The number of nitrogens with one attached hydrogen (secondary N) is 1. The van der Waals surface area contributed by atoms with E-state index in [9.17, 15) is 14.7 Å². The molecular formula is C15H20N2O4. The van der Waals surface area contributed by atoms with Crippen LogP contribution in [-0.2, 0) is 4.79 Å². The molecule has 2 rings (SSSR count). The number of carbonyl (C=O) groups is 2. The second-order valence-electron chi connectivity index (χ2n) is 5.25. The fraction of sp³-hybridized carbons (Fsp3) is 0.533. The number of methoxy groups -OCH3 is 1. The lowest BCUT2D eigenvalue weighted by molar-refractivity contribution is -0.141. The van der Waals surface area contributed by atoms with E-state index in [1.807, 2.05) is 0 Å². The molecule has 1 atom stereocenters. The molecule has 2 N–H and O–H groups in total. The van der Waals surface area contributed by atoms with Crippen LogP contribution in [0.2, 0.25) is 0 Å². The average Bonchev–Trinajstić information content (AvgIpc) is 2.52. The van der Waals surface area contributed by atoms with E-state index in [0.717, 1.165) is 32.1 Å². The molecule has 1 saturated carbocycles. The lowest BCUT2D eigenvalue weighted by Gasteiger charge is -2.28. The summed E-state index contributed by atoms with van der Waals surface area (Å²) in [6, 6.07) is 2.33. The van der Waals surface area contributed by atoms with Crippen molar-refractivity contribution >= 4 is 11.9 Å². The molecule has 0 aliphatic heterocycles. The number of pyridine rings is 1. The molecule has 0 bridgehead atoms. The van der Waals surface area contributed by atoms with Gasteiger partial charge >= 0.3 is 5.97 Å². The summed E-state index contributed by atoms with van der Waals surface area (Å²) < 4.78 is 5.03. The van der Waals surface area contributed by atoms with Gasteiger partial charge in [0.25, 0.3) is 5.91 Å². The summed E-state index contributed by atoms with van der Waals surface area (Å²) in [6.45, 7) is 0. The summed E-state index contributed by atoms with van der Waals surface area (Å²) in [7, 11) is 1.43. The molecule has 114 valence electrons. The van der Waals surface area contributed by atoms with Crippen molar-refractivity contribution in [1.82, 2.24) is 10.3 Å². The van der Waals surface area contributed by atoms with Crippen LogP contribution >= 0.6 is 0 Å². The standard InChI is InChI=1S/C15H20N2O4/c1-21-14-11(8-5-9-16-14)13(18)17-12(15(19)20)10-6-3-2-4-7-10/h5,8-10,12H,2-4,6-7H2,1H3,(H,17,18)(H,19,20). The molecule has 21 heavy (non-hydrogen) atoms. The lowest BCUT2D eigenvalue weighted by Crippen LogP contribution is -2.46. The zero-order valence-electron chi connectivity index (χ0n) is 12.0. The van der Waals surface area contributed by atoms with Crippen LogP contribution in [0.4, 0.5) is 0 Å². The van der Waals surface area contributed by atoms with Gasteiger partial charge < -0.3 is 15.2 Å². The summed E-state index contributed by atoms with van der Waals surface area (Å²) in [5.41, 5.74) is 0.252. The van der Waals surface area contributed by atoms with Gasteiger partial charge in [-0.3, -0.25) is 4.79 Å². The molecule has 0 saturated heterocycles. The van der Waals surface area contributed by atoms with Crippen LogP contribution < -0.4 is 10.1 Å². The molecular weight excluding hydrogens is 272 g/mol. The average molecular weight is 292 g/mol. The molecule has 1 aromatic heterocycles. The Kier molecular flexibility index (Phi) is 5.14. The normalized spacial score (nSPS) is 17.0. The van der Waals surface area contributed by atoms with E-state index in [0.29, 0.717) is 0 Å². The Bertz CT molecular complexity index is 512. The van der Waals surface area contributed by atoms with Gasteiger partial charge in [0.15, 0.2) is 0 Å². The van der Waals surface area contributed by atoms with Gasteiger partial charge in [0, 0.05) is 6.20 Å². The van der Waals surface area contributed by atoms with Gasteiger partial charge in [-0.2, -0.15) is 0 Å². The number of ether oxygens (including phenoxy) is 1. The third kappa shape index (κ3) is 3.71. The molecule has 1 heterocycles. The first kappa shape index (κ1) is 15.3. The third-order valence-electron chi connectivity index (χ3n) is 3.88. The number of aromatic nitrogens is 1. The molecule has 0 aromatic carbocycles. The summed E-state index contributed by atoms with van der Waals surface area (Å²) in [5, 5.41) is 12.0. The number of carbonyl (C=O) groups excluding carboxylic acids is 1. The number of carboxylic acids is 1. The van der Waals surface area contributed by atoms with Crippen molar-refractivity contribution < 1.29 is 19.4 Å². The van der Waals surface area contributed by atoms with Crippen molar-refractivity contribution in [2.75, 3.05) is 7.11 Å². The Balaban J connectivity index is 2.12. The van der Waals surface area contributed by atoms with E-state index < -0.39 is 17.9 Å². The van der Waals surface area contributed by atoms with E-state index in [1.165, 1.54) is 13.3 Å². The van der Waals surface area contributed by atoms with E-state index in [2.05, 4.69) is 10.3 Å². The number of hydrogen-bond acceptors (Lipinski definition) is 4. The van der Waals surface area contributed by atoms with Crippen molar-refractivity contribution in [2.45, 2.75) is 38.1 Å². The summed E-state index contributed by atoms with van der Waals surface area (Å²) in [5.74, 6) is -1.26. The van der Waals surface area contributed by atoms with Gasteiger partial charge in [-0.1, -0.05) is 19.3 Å². The Morgan fingerprint density at radius 2 is 2.10 bits per heavy atom. The van der Waals surface area contributed by atoms with Crippen molar-refractivity contribution in [1.29, 1.82) is 0 Å². The highest BCUT2D eigenvalue weighted by Crippen LogP contribution is 2.27. The minimum atomic E-state index is -0.988. The molecule has 0 radical (unpaired) electrons. The number of aliphatic carboxylic acids is 1. The molecule has 1 aromatic rings. The van der Waals surface area contributed by atoms with Gasteiger partial charge in [0.2, 0.25) is 5.88 Å². The summed E-state index contributed by atoms with van der Waals surface area (Å²) >= 11 is 0. The van der Waals surface area contributed by atoms with Crippen molar-refractivity contribution in [3.05, 3.63) is 23.9 Å². The van der Waals surface area contributed by atoms with Crippen LogP contribution in [-0.4, -0.2) is 35.1 Å². The van der Waals surface area contributed by atoms with Gasteiger partial charge in [-0.15, -0.1) is 0 Å². The first-order valence-electron chi connectivity index (χ1n) is 7.16. The van der Waals surface area contributed by atoms with Crippen LogP contribution in [0.15, 0.2) is 18.3 Å². The molecule has 0 spiro atoms. The van der Waals surface area contributed by atoms with Crippen molar-refractivity contribution in [3.8, 4) is 5.88 Å². The number of hydrogen-bond donors (Lipinski definition) is 2. The van der Waals surface area contributed by atoms with Gasteiger partial charge in [-0.25, -0.2) is 9.78 Å². The first-order valence-corrected chi connectivity index (χ1v) is 7.16. The van der Waals surface area contributed by atoms with Gasteiger partial charge in [0.1, 0.15) is 11.6 Å². The Hall–Kier alpha value is -2.11. The summed E-state index contributed by atoms with van der Waals surface area (Å²) in [6.07, 6.45) is 6.35. The maximum Gasteiger partial charge on any atom is 0.326 e. The summed E-state index contributed by atoms with van der Waals surface area (Å²) in [4.78, 5) is 27.7. The van der Waals surface area contributed by atoms with Crippen LogP contribution in [0.25, 0.3) is 0 Å². The predicted molar refractivity (Wildman–Crippen MR) is 76.3 cm³/mol. The fourth-order valence-corrected chi connectivity index (χ4v) is 2.79. The maximum atomic E-state index is 12.3. The van der Waals surface area contributed by atoms with E-state index in [-0.39, 0.29) is 17.4 Å². The highest BCUT2D eigenvalue weighted by molar-refractivity contribution is 5.98. The monoisotopic (exact) mass is 292 g/mol. The highest BCUT2D eigenvalue weighted by atomic mass is 16.5. The molecule has 6 nitrogen and oxygen atoms in total.